The van der Waals surface area contributed by atoms with Gasteiger partial charge in [0, 0.05) is 18.4 Å². The van der Waals surface area contributed by atoms with Gasteiger partial charge >= 0.3 is 0 Å². The highest BCUT2D eigenvalue weighted by atomic mass is 16.5. The van der Waals surface area contributed by atoms with E-state index < -0.39 is 0 Å². The number of pyridine rings is 1. The zero-order valence-corrected chi connectivity index (χ0v) is 10.6. The van der Waals surface area contributed by atoms with Crippen molar-refractivity contribution >= 4 is 11.7 Å². The van der Waals surface area contributed by atoms with Crippen LogP contribution in [0.2, 0.25) is 0 Å². The first-order valence-corrected chi connectivity index (χ1v) is 6.28. The van der Waals surface area contributed by atoms with Crippen molar-refractivity contribution in [3.63, 3.8) is 0 Å². The van der Waals surface area contributed by atoms with E-state index in [1.807, 2.05) is 0 Å². The van der Waals surface area contributed by atoms with Gasteiger partial charge in [-0.2, -0.15) is 0 Å². The number of rotatable bonds is 2. The van der Waals surface area contributed by atoms with Crippen LogP contribution in [0.1, 0.15) is 24.8 Å². The lowest BCUT2D eigenvalue weighted by atomic mass is 10.1. The molecule has 2 N–H and O–H groups in total. The maximum Gasteiger partial charge on any atom is 0.254 e. The number of hydrogen-bond donors (Lipinski definition) is 2. The van der Waals surface area contributed by atoms with Gasteiger partial charge in [0.2, 0.25) is 0 Å². The minimum atomic E-state index is -0.386. The predicted octanol–water partition coefficient (Wildman–Crippen LogP) is 0.933. The number of aliphatic hydroxyl groups is 1. The van der Waals surface area contributed by atoms with Gasteiger partial charge in [-0.1, -0.05) is 11.8 Å². The van der Waals surface area contributed by atoms with Gasteiger partial charge in [-0.05, 0) is 31.4 Å². The Morgan fingerprint density at radius 2 is 2.47 bits per heavy atom. The smallest absolute Gasteiger partial charge is 0.254 e. The Morgan fingerprint density at radius 3 is 3.21 bits per heavy atom. The second-order valence-electron chi connectivity index (χ2n) is 4.23. The van der Waals surface area contributed by atoms with Crippen LogP contribution in [0, 0.1) is 11.8 Å². The molecule has 1 saturated heterocycles. The van der Waals surface area contributed by atoms with Crippen LogP contribution < -0.4 is 5.32 Å². The van der Waals surface area contributed by atoms with Crippen LogP contribution in [0.4, 0.5) is 5.82 Å². The monoisotopic (exact) mass is 260 g/mol. The van der Waals surface area contributed by atoms with Crippen molar-refractivity contribution in [2.75, 3.05) is 18.5 Å². The molecule has 1 aliphatic heterocycles. The second-order valence-corrected chi connectivity index (χ2v) is 4.23. The van der Waals surface area contributed by atoms with E-state index in [0.717, 1.165) is 19.3 Å². The van der Waals surface area contributed by atoms with E-state index in [1.165, 1.54) is 0 Å². The minimum absolute atomic E-state index is 0.167. The molecule has 1 unspecified atom stereocenters. The number of nitrogens with one attached hydrogen (secondary N) is 1. The summed E-state index contributed by atoms with van der Waals surface area (Å²) in [5, 5.41) is 11.4. The molecule has 0 bridgehead atoms. The van der Waals surface area contributed by atoms with Crippen molar-refractivity contribution in [3.8, 4) is 11.8 Å². The van der Waals surface area contributed by atoms with Gasteiger partial charge in [-0.25, -0.2) is 4.98 Å². The predicted molar refractivity (Wildman–Crippen MR) is 70.4 cm³/mol. The molecule has 2 heterocycles. The highest BCUT2D eigenvalue weighted by Gasteiger charge is 2.22. The number of amides is 1. The Balaban J connectivity index is 1.99. The van der Waals surface area contributed by atoms with Crippen molar-refractivity contribution < 1.29 is 14.6 Å². The maximum absolute atomic E-state index is 11.9. The topological polar surface area (TPSA) is 71.5 Å². The molecule has 2 rings (SSSR count). The van der Waals surface area contributed by atoms with E-state index in [4.69, 9.17) is 9.84 Å². The Hall–Kier alpha value is -1.90. The largest absolute Gasteiger partial charge is 0.384 e. The quantitative estimate of drug-likeness (QED) is 0.776. The van der Waals surface area contributed by atoms with Crippen LogP contribution in [0.25, 0.3) is 0 Å². The van der Waals surface area contributed by atoms with E-state index in [1.54, 1.807) is 18.3 Å². The third-order valence-electron chi connectivity index (χ3n) is 2.80. The van der Waals surface area contributed by atoms with Crippen LogP contribution in [0.15, 0.2) is 18.3 Å². The molecule has 1 fully saturated rings. The molecular weight excluding hydrogens is 244 g/mol. The molecule has 0 spiro atoms. The number of carbonyl (C=O) groups is 1. The molecule has 1 aliphatic rings. The number of hydrogen-bond acceptors (Lipinski definition) is 4. The summed E-state index contributed by atoms with van der Waals surface area (Å²) in [7, 11) is 0. The summed E-state index contributed by atoms with van der Waals surface area (Å²) < 4.78 is 5.41. The van der Waals surface area contributed by atoms with Crippen molar-refractivity contribution in [1.82, 2.24) is 4.98 Å². The molecule has 100 valence electrons. The number of carbonyl (C=O) groups excluding carboxylic acids is 1. The fraction of sp³-hybridized carbons (Fsp3) is 0.429. The normalized spacial score (nSPS) is 18.3. The molecule has 0 aromatic carbocycles. The second kappa shape index (κ2) is 6.88. The number of anilines is 1. The summed E-state index contributed by atoms with van der Waals surface area (Å²) in [4.78, 5) is 16.0. The molecule has 0 aliphatic carbocycles. The van der Waals surface area contributed by atoms with Gasteiger partial charge in [0.05, 0.1) is 0 Å². The molecule has 5 nitrogen and oxygen atoms in total. The van der Waals surface area contributed by atoms with E-state index in [2.05, 4.69) is 22.1 Å². The number of ether oxygens (including phenoxy) is 1. The summed E-state index contributed by atoms with van der Waals surface area (Å²) in [6.07, 6.45) is 3.94. The Labute approximate surface area is 112 Å². The molecule has 1 aromatic rings. The maximum atomic E-state index is 11.9. The van der Waals surface area contributed by atoms with Crippen molar-refractivity contribution in [3.05, 3.63) is 23.9 Å². The summed E-state index contributed by atoms with van der Waals surface area (Å²) in [6.45, 7) is 0.438. The summed E-state index contributed by atoms with van der Waals surface area (Å²) in [6, 6.07) is 3.39. The van der Waals surface area contributed by atoms with Gasteiger partial charge in [-0.15, -0.1) is 0 Å². The first kappa shape index (κ1) is 13.5. The third kappa shape index (κ3) is 4.05. The Morgan fingerprint density at radius 1 is 1.58 bits per heavy atom. The van der Waals surface area contributed by atoms with E-state index in [-0.39, 0.29) is 18.6 Å². The Kier molecular flexibility index (Phi) is 4.90. The first-order chi connectivity index (χ1) is 9.29. The number of aromatic nitrogens is 1. The Bertz CT molecular complexity index is 499. The van der Waals surface area contributed by atoms with Crippen LogP contribution in [-0.2, 0) is 9.53 Å². The third-order valence-corrected chi connectivity index (χ3v) is 2.80. The highest BCUT2D eigenvalue weighted by molar-refractivity contribution is 5.93. The molecule has 5 heteroatoms. The molecule has 1 atom stereocenters. The van der Waals surface area contributed by atoms with Gasteiger partial charge in [0.15, 0.2) is 0 Å². The lowest BCUT2D eigenvalue weighted by Gasteiger charge is -2.21. The fourth-order valence-corrected chi connectivity index (χ4v) is 1.87. The summed E-state index contributed by atoms with van der Waals surface area (Å²) in [5.41, 5.74) is 0.698. The van der Waals surface area contributed by atoms with Crippen LogP contribution in [0.3, 0.4) is 0 Å². The van der Waals surface area contributed by atoms with Crippen LogP contribution in [0.5, 0.6) is 0 Å². The van der Waals surface area contributed by atoms with Gasteiger partial charge in [0.25, 0.3) is 5.91 Å². The molecule has 1 amide bonds. The van der Waals surface area contributed by atoms with Crippen molar-refractivity contribution in [2.45, 2.75) is 25.4 Å². The van der Waals surface area contributed by atoms with Gasteiger partial charge in [0.1, 0.15) is 18.5 Å². The van der Waals surface area contributed by atoms with E-state index in [9.17, 15) is 4.79 Å². The van der Waals surface area contributed by atoms with Crippen molar-refractivity contribution in [2.24, 2.45) is 0 Å². The minimum Gasteiger partial charge on any atom is -0.384 e. The molecule has 0 radical (unpaired) electrons. The standard InChI is InChI=1S/C14H16N2O3/c17-8-3-4-11-6-7-15-13(10-11)16-14(18)12-5-1-2-9-19-12/h6-7,10,12,17H,1-2,5,8-9H2,(H,15,16,18). The summed E-state index contributed by atoms with van der Waals surface area (Å²) >= 11 is 0. The average Bonchev–Trinajstić information content (AvgIpc) is 2.46. The molecule has 0 saturated carbocycles. The lowest BCUT2D eigenvalue weighted by molar-refractivity contribution is -0.130. The zero-order valence-electron chi connectivity index (χ0n) is 10.6. The first-order valence-electron chi connectivity index (χ1n) is 6.28. The number of nitrogens with zero attached hydrogens (tertiary/aromatic N) is 1. The molecule has 1 aromatic heterocycles. The highest BCUT2D eigenvalue weighted by Crippen LogP contribution is 2.15. The van der Waals surface area contributed by atoms with E-state index >= 15 is 0 Å². The van der Waals surface area contributed by atoms with E-state index in [0.29, 0.717) is 18.0 Å². The fourth-order valence-electron chi connectivity index (χ4n) is 1.87. The summed E-state index contributed by atoms with van der Waals surface area (Å²) in [5.74, 6) is 5.59. The molecule has 19 heavy (non-hydrogen) atoms. The van der Waals surface area contributed by atoms with Gasteiger partial charge in [-0.3, -0.25) is 4.79 Å². The van der Waals surface area contributed by atoms with Crippen molar-refractivity contribution in [1.29, 1.82) is 0 Å². The van der Waals surface area contributed by atoms with Crippen LogP contribution in [-0.4, -0.2) is 35.3 Å². The molecular formula is C14H16N2O3. The SMILES string of the molecule is O=C(Nc1cc(C#CCO)ccn1)C1CCCCO1. The number of aliphatic hydroxyl groups excluding tert-OH is 1. The zero-order chi connectivity index (χ0) is 13.5. The average molecular weight is 260 g/mol. The van der Waals surface area contributed by atoms with Gasteiger partial charge < -0.3 is 15.2 Å². The van der Waals surface area contributed by atoms with Crippen LogP contribution >= 0.6 is 0 Å². The lowest BCUT2D eigenvalue weighted by Crippen LogP contribution is -2.33.